The molecule has 2 heterocycles. The van der Waals surface area contributed by atoms with Crippen LogP contribution < -0.4 is 20.7 Å². The van der Waals surface area contributed by atoms with E-state index in [9.17, 15) is 18.0 Å². The predicted octanol–water partition coefficient (Wildman–Crippen LogP) is 6.16. The Morgan fingerprint density at radius 3 is 2.55 bits per heavy atom. The van der Waals surface area contributed by atoms with Crippen molar-refractivity contribution < 1.29 is 32.2 Å². The topological polar surface area (TPSA) is 157 Å². The fraction of sp³-hybridized carbons (Fsp3) is 0.485. The molecule has 2 aliphatic rings. The third-order valence-corrected chi connectivity index (χ3v) is 10.0. The normalized spacial score (nSPS) is 19.6. The summed E-state index contributed by atoms with van der Waals surface area (Å²) in [6.45, 7) is 10.9. The van der Waals surface area contributed by atoms with Crippen LogP contribution in [-0.4, -0.2) is 64.0 Å². The number of carbonyl (C=O) groups excluding carboxylic acids is 2. The molecule has 2 aromatic rings. The molecular formula is C33H45N5O7S2. The van der Waals surface area contributed by atoms with E-state index < -0.39 is 27.7 Å². The second-order valence-electron chi connectivity index (χ2n) is 12.7. The van der Waals surface area contributed by atoms with Gasteiger partial charge in [-0.25, -0.2) is 27.7 Å². The first-order valence-corrected chi connectivity index (χ1v) is 18.0. The van der Waals surface area contributed by atoms with Crippen molar-refractivity contribution >= 4 is 44.8 Å². The molecule has 1 aliphatic carbocycles. The van der Waals surface area contributed by atoms with Gasteiger partial charge in [0.15, 0.2) is 0 Å². The van der Waals surface area contributed by atoms with E-state index in [1.165, 1.54) is 17.4 Å². The maximum atomic E-state index is 13.7. The Balaban J connectivity index is 1.65. The van der Waals surface area contributed by atoms with Crippen LogP contribution in [0.1, 0.15) is 65.3 Å². The number of thiazole rings is 1. The molecule has 4 N–H and O–H groups in total. The van der Waals surface area contributed by atoms with E-state index in [0.717, 1.165) is 31.5 Å². The standard InChI is InChI=1S/C33H45N5O7S2/c1-21(2)45-32(40)37-23-9-7-8-10-25(27(17-23)43-6)30-35-19-28(46-30)26-12-11-24(18-29(26)47(41,42)38-33(3,4)5)36-31(39)44-20-22-13-15-34-16-14-22/h7,9,11-12,17-19,21-22,34,38H,8,10,13-16,20H2,1-6H3,(H,36,39)(H,37,40)/b9-7-,23-17+,27-25-. The van der Waals surface area contributed by atoms with Crippen LogP contribution >= 0.6 is 11.3 Å². The highest BCUT2D eigenvalue weighted by molar-refractivity contribution is 7.89. The summed E-state index contributed by atoms with van der Waals surface area (Å²) in [6.07, 6.45) is 8.70. The number of allylic oxidation sites excluding steroid dienone is 4. The number of hydrogen-bond acceptors (Lipinski definition) is 10. The zero-order valence-corrected chi connectivity index (χ0v) is 29.4. The second kappa shape index (κ2) is 15.9. The van der Waals surface area contributed by atoms with Crippen molar-refractivity contribution in [1.29, 1.82) is 0 Å². The first kappa shape index (κ1) is 36.1. The minimum atomic E-state index is -4.03. The highest BCUT2D eigenvalue weighted by Gasteiger charge is 2.27. The molecule has 0 unspecified atom stereocenters. The summed E-state index contributed by atoms with van der Waals surface area (Å²) in [5.41, 5.74) is 1.27. The molecule has 12 nitrogen and oxygen atoms in total. The molecule has 1 saturated heterocycles. The lowest BCUT2D eigenvalue weighted by molar-refractivity contribution is 0.118. The number of ether oxygens (including phenoxy) is 3. The van der Waals surface area contributed by atoms with E-state index in [0.29, 0.717) is 58.0 Å². The molecule has 0 saturated carbocycles. The Morgan fingerprint density at radius 2 is 1.87 bits per heavy atom. The molecule has 1 fully saturated rings. The Labute approximate surface area is 281 Å². The number of amides is 2. The number of sulfonamides is 1. The quantitative estimate of drug-likeness (QED) is 0.230. The van der Waals surface area contributed by atoms with Crippen LogP contribution in [0.2, 0.25) is 0 Å². The maximum Gasteiger partial charge on any atom is 0.411 e. The van der Waals surface area contributed by atoms with Gasteiger partial charge in [0.1, 0.15) is 10.8 Å². The summed E-state index contributed by atoms with van der Waals surface area (Å²) in [6, 6.07) is 4.74. The second-order valence-corrected chi connectivity index (χ2v) is 15.4. The van der Waals surface area contributed by atoms with Crippen LogP contribution in [0.5, 0.6) is 0 Å². The van der Waals surface area contributed by atoms with E-state index in [1.54, 1.807) is 72.2 Å². The monoisotopic (exact) mass is 687 g/mol. The van der Waals surface area contributed by atoms with Crippen LogP contribution in [0.4, 0.5) is 15.3 Å². The van der Waals surface area contributed by atoms with E-state index in [-0.39, 0.29) is 11.0 Å². The molecule has 0 spiro atoms. The molecule has 4 rings (SSSR count). The minimum Gasteiger partial charge on any atom is -0.496 e. The van der Waals surface area contributed by atoms with Gasteiger partial charge in [-0.1, -0.05) is 12.1 Å². The largest absolute Gasteiger partial charge is 0.496 e. The predicted molar refractivity (Wildman–Crippen MR) is 183 cm³/mol. The summed E-state index contributed by atoms with van der Waals surface area (Å²) in [7, 11) is -2.49. The summed E-state index contributed by atoms with van der Waals surface area (Å²) >= 11 is 1.32. The number of benzene rings is 1. The Kier molecular flexibility index (Phi) is 12.2. The molecule has 1 aromatic heterocycles. The number of carbonyl (C=O) groups is 2. The van der Waals surface area contributed by atoms with E-state index in [4.69, 9.17) is 14.2 Å². The van der Waals surface area contributed by atoms with Gasteiger partial charge < -0.3 is 19.5 Å². The number of nitrogens with one attached hydrogen (secondary N) is 4. The number of nitrogens with zero attached hydrogens (tertiary/aromatic N) is 1. The van der Waals surface area contributed by atoms with E-state index in [2.05, 4.69) is 25.7 Å². The average molecular weight is 688 g/mol. The van der Waals surface area contributed by atoms with Gasteiger partial charge in [0.2, 0.25) is 10.0 Å². The molecule has 2 amide bonds. The van der Waals surface area contributed by atoms with E-state index >= 15 is 0 Å². The summed E-state index contributed by atoms with van der Waals surface area (Å²) in [5.74, 6) is 0.805. The Morgan fingerprint density at radius 1 is 1.13 bits per heavy atom. The van der Waals surface area contributed by atoms with Gasteiger partial charge in [0, 0.05) is 40.3 Å². The van der Waals surface area contributed by atoms with Crippen molar-refractivity contribution in [1.82, 2.24) is 20.3 Å². The fourth-order valence-electron chi connectivity index (χ4n) is 5.09. The number of hydrogen-bond donors (Lipinski definition) is 4. The average Bonchev–Trinajstić information content (AvgIpc) is 3.46. The van der Waals surface area contributed by atoms with Gasteiger partial charge in [-0.15, -0.1) is 11.3 Å². The minimum absolute atomic E-state index is 0.00429. The molecule has 256 valence electrons. The number of piperidine rings is 1. The van der Waals surface area contributed by atoms with Crippen molar-refractivity contribution in [2.45, 2.75) is 76.8 Å². The van der Waals surface area contributed by atoms with Gasteiger partial charge in [-0.3, -0.25) is 10.6 Å². The Hall–Kier alpha value is -3.72. The van der Waals surface area contributed by atoms with Crippen molar-refractivity contribution in [2.75, 3.05) is 32.1 Å². The lowest BCUT2D eigenvalue weighted by Crippen LogP contribution is -2.40. The van der Waals surface area contributed by atoms with Crippen LogP contribution in [-0.2, 0) is 24.2 Å². The summed E-state index contributed by atoms with van der Waals surface area (Å²) < 4.78 is 46.6. The van der Waals surface area contributed by atoms with Crippen molar-refractivity contribution in [3.05, 3.63) is 59.1 Å². The summed E-state index contributed by atoms with van der Waals surface area (Å²) in [5, 5.41) is 9.36. The van der Waals surface area contributed by atoms with Gasteiger partial charge in [0.05, 0.1) is 29.6 Å². The smallest absolute Gasteiger partial charge is 0.411 e. The zero-order valence-electron chi connectivity index (χ0n) is 27.8. The lowest BCUT2D eigenvalue weighted by atomic mass is 9.99. The first-order valence-electron chi connectivity index (χ1n) is 15.7. The number of methoxy groups -OCH3 is 1. The van der Waals surface area contributed by atoms with Crippen LogP contribution in [0.25, 0.3) is 16.0 Å². The van der Waals surface area contributed by atoms with E-state index in [1.807, 2.05) is 6.08 Å². The van der Waals surface area contributed by atoms with Gasteiger partial charge in [-0.05, 0) is 97.5 Å². The molecule has 0 atom stereocenters. The first-order chi connectivity index (χ1) is 22.2. The van der Waals surface area contributed by atoms with Crippen molar-refractivity contribution in [3.8, 4) is 10.4 Å². The lowest BCUT2D eigenvalue weighted by Gasteiger charge is -2.22. The van der Waals surface area contributed by atoms with Gasteiger partial charge in [-0.2, -0.15) is 0 Å². The van der Waals surface area contributed by atoms with Crippen LogP contribution in [0, 0.1) is 5.92 Å². The highest BCUT2D eigenvalue weighted by Crippen LogP contribution is 2.38. The Bertz CT molecular complexity index is 1630. The molecule has 0 bridgehead atoms. The number of alkyl carbamates (subject to hydrolysis) is 1. The van der Waals surface area contributed by atoms with Crippen molar-refractivity contribution in [3.63, 3.8) is 0 Å². The SMILES string of the molecule is COC1=C(\c2ncc(-c3ccc(NC(=O)OCC4CCNCC4)cc3S(=O)(=O)NC(C)(C)C)s2)CC\C=C/C(NC(=O)OC(C)C)=C\1. The zero-order chi connectivity index (χ0) is 34.2. The number of aromatic nitrogens is 1. The van der Waals surface area contributed by atoms with Gasteiger partial charge in [0.25, 0.3) is 0 Å². The van der Waals surface area contributed by atoms with Crippen molar-refractivity contribution in [2.24, 2.45) is 5.92 Å². The van der Waals surface area contributed by atoms with Crippen LogP contribution in [0.3, 0.4) is 0 Å². The van der Waals surface area contributed by atoms with Gasteiger partial charge >= 0.3 is 12.2 Å². The molecule has 47 heavy (non-hydrogen) atoms. The number of rotatable bonds is 10. The van der Waals surface area contributed by atoms with Crippen LogP contribution in [0.15, 0.2) is 59.0 Å². The number of anilines is 1. The highest BCUT2D eigenvalue weighted by atomic mass is 32.2. The maximum absolute atomic E-state index is 13.7. The molecule has 14 heteroatoms. The fourth-order valence-corrected chi connectivity index (χ4v) is 7.85. The molecule has 1 aliphatic heterocycles. The third-order valence-electron chi connectivity index (χ3n) is 7.15. The molecular weight excluding hydrogens is 643 g/mol. The third kappa shape index (κ3) is 10.6. The molecule has 0 radical (unpaired) electrons. The summed E-state index contributed by atoms with van der Waals surface area (Å²) in [4.78, 5) is 30.1. The molecule has 1 aromatic carbocycles.